The van der Waals surface area contributed by atoms with Gasteiger partial charge in [-0.3, -0.25) is 14.9 Å². The van der Waals surface area contributed by atoms with Gasteiger partial charge in [0.25, 0.3) is 5.24 Å². The number of benzene rings is 1. The van der Waals surface area contributed by atoms with Crippen molar-refractivity contribution in [3.8, 4) is 0 Å². The molecule has 0 saturated carbocycles. The smallest absolute Gasteiger partial charge is 0.286 e. The number of imide groups is 1. The van der Waals surface area contributed by atoms with Gasteiger partial charge in [0, 0.05) is 13.1 Å². The second-order valence-corrected chi connectivity index (χ2v) is 6.20. The van der Waals surface area contributed by atoms with Crippen LogP contribution >= 0.6 is 11.8 Å². The molecule has 2 fully saturated rings. The van der Waals surface area contributed by atoms with Gasteiger partial charge in [0.15, 0.2) is 0 Å². The topological polar surface area (TPSA) is 49.4 Å². The van der Waals surface area contributed by atoms with Gasteiger partial charge in [-0.2, -0.15) is 0 Å². The number of rotatable bonds is 3. The highest BCUT2D eigenvalue weighted by molar-refractivity contribution is 8.15. The monoisotopic (exact) mass is 294 g/mol. The molecule has 4 nitrogen and oxygen atoms in total. The largest absolute Gasteiger partial charge is 0.369 e. The van der Waals surface area contributed by atoms with Gasteiger partial charge in [0.2, 0.25) is 5.91 Å². The molecule has 0 radical (unpaired) electrons. The maximum absolute atomic E-state index is 14.1. The highest BCUT2D eigenvalue weighted by atomic mass is 32.2. The Morgan fingerprint density at radius 2 is 2.05 bits per heavy atom. The molecule has 0 aromatic heterocycles. The van der Waals surface area contributed by atoms with Gasteiger partial charge in [-0.25, -0.2) is 4.39 Å². The fraction of sp³-hybridized carbons (Fsp3) is 0.429. The minimum absolute atomic E-state index is 0.251. The maximum atomic E-state index is 14.1. The zero-order valence-corrected chi connectivity index (χ0v) is 11.7. The molecule has 106 valence electrons. The second-order valence-electron chi connectivity index (χ2n) is 5.03. The van der Waals surface area contributed by atoms with Crippen molar-refractivity contribution in [2.45, 2.75) is 24.5 Å². The summed E-state index contributed by atoms with van der Waals surface area (Å²) in [6.07, 6.45) is 2.50. The molecule has 2 saturated heterocycles. The fourth-order valence-corrected chi connectivity index (χ4v) is 3.59. The number of halogens is 1. The van der Waals surface area contributed by atoms with Gasteiger partial charge in [-0.1, -0.05) is 23.9 Å². The number of nitrogens with zero attached hydrogens (tertiary/aromatic N) is 1. The molecule has 0 bridgehead atoms. The van der Waals surface area contributed by atoms with E-state index in [1.165, 1.54) is 6.07 Å². The number of hydrogen-bond acceptors (Lipinski definition) is 4. The van der Waals surface area contributed by atoms with Gasteiger partial charge < -0.3 is 4.90 Å². The van der Waals surface area contributed by atoms with E-state index in [9.17, 15) is 14.0 Å². The van der Waals surface area contributed by atoms with E-state index in [2.05, 4.69) is 5.32 Å². The first-order chi connectivity index (χ1) is 9.65. The Balaban J connectivity index is 1.87. The molecule has 1 aromatic carbocycles. The molecule has 1 aromatic rings. The van der Waals surface area contributed by atoms with Crippen molar-refractivity contribution >= 4 is 28.6 Å². The Morgan fingerprint density at radius 1 is 1.30 bits per heavy atom. The number of carbonyl (C=O) groups is 2. The molecule has 0 spiro atoms. The summed E-state index contributed by atoms with van der Waals surface area (Å²) in [7, 11) is 0. The van der Waals surface area contributed by atoms with Gasteiger partial charge in [-0.05, 0) is 30.9 Å². The second kappa shape index (κ2) is 5.44. The Bertz CT molecular complexity index is 558. The summed E-state index contributed by atoms with van der Waals surface area (Å²) in [6.45, 7) is 1.69. The predicted molar refractivity (Wildman–Crippen MR) is 76.5 cm³/mol. The van der Waals surface area contributed by atoms with E-state index in [1.807, 2.05) is 11.0 Å². The zero-order valence-electron chi connectivity index (χ0n) is 10.9. The highest BCUT2D eigenvalue weighted by Crippen LogP contribution is 2.31. The number of nitrogens with one attached hydrogen (secondary N) is 1. The normalized spacial score (nSPS) is 22.4. The summed E-state index contributed by atoms with van der Waals surface area (Å²) in [4.78, 5) is 24.9. The molecule has 3 rings (SSSR count). The first-order valence-electron chi connectivity index (χ1n) is 6.69. The average Bonchev–Trinajstić information content (AvgIpc) is 3.00. The molecule has 1 unspecified atom stereocenters. The first-order valence-corrected chi connectivity index (χ1v) is 7.57. The molecule has 20 heavy (non-hydrogen) atoms. The molecule has 2 amide bonds. The van der Waals surface area contributed by atoms with Crippen molar-refractivity contribution in [1.82, 2.24) is 5.32 Å². The van der Waals surface area contributed by atoms with Crippen molar-refractivity contribution < 1.29 is 14.0 Å². The molecule has 1 atom stereocenters. The van der Waals surface area contributed by atoms with Gasteiger partial charge in [0.1, 0.15) is 5.82 Å². The number of carbonyl (C=O) groups excluding carboxylic acids is 2. The van der Waals surface area contributed by atoms with Crippen LogP contribution in [0.2, 0.25) is 0 Å². The molecular weight excluding hydrogens is 279 g/mol. The molecule has 2 aliphatic rings. The number of amides is 2. The van der Waals surface area contributed by atoms with Gasteiger partial charge in [-0.15, -0.1) is 0 Å². The summed E-state index contributed by atoms with van der Waals surface area (Å²) in [5.41, 5.74) is 1.40. The van der Waals surface area contributed by atoms with E-state index >= 15 is 0 Å². The number of thioether (sulfide) groups is 1. The molecule has 2 heterocycles. The lowest BCUT2D eigenvalue weighted by Gasteiger charge is -2.22. The van der Waals surface area contributed by atoms with E-state index in [-0.39, 0.29) is 17.0 Å². The lowest BCUT2D eigenvalue weighted by molar-refractivity contribution is -0.118. The van der Waals surface area contributed by atoms with E-state index in [1.54, 1.807) is 6.07 Å². The van der Waals surface area contributed by atoms with Gasteiger partial charge >= 0.3 is 0 Å². The first kappa shape index (κ1) is 13.4. The molecule has 1 N–H and O–H groups in total. The Morgan fingerprint density at radius 3 is 2.70 bits per heavy atom. The zero-order chi connectivity index (χ0) is 14.1. The number of hydrogen-bond donors (Lipinski definition) is 1. The lowest BCUT2D eigenvalue weighted by Crippen LogP contribution is -2.27. The van der Waals surface area contributed by atoms with Crippen molar-refractivity contribution in [2.75, 3.05) is 18.0 Å². The van der Waals surface area contributed by atoms with Crippen LogP contribution in [0.5, 0.6) is 0 Å². The summed E-state index contributed by atoms with van der Waals surface area (Å²) < 4.78 is 14.1. The van der Waals surface area contributed by atoms with Crippen LogP contribution in [0.1, 0.15) is 18.4 Å². The van der Waals surface area contributed by atoms with Crippen LogP contribution in [0.3, 0.4) is 0 Å². The van der Waals surface area contributed by atoms with E-state index < -0.39 is 5.25 Å². The van der Waals surface area contributed by atoms with Gasteiger partial charge in [0.05, 0.1) is 10.9 Å². The SMILES string of the molecule is O=C1NC(=O)C(Cc2cccc(F)c2N2CCCC2)S1. The van der Waals surface area contributed by atoms with E-state index in [0.29, 0.717) is 12.1 Å². The van der Waals surface area contributed by atoms with Crippen LogP contribution in [-0.2, 0) is 11.2 Å². The number of anilines is 1. The molecule has 6 heteroatoms. The quantitative estimate of drug-likeness (QED) is 0.929. The number of para-hydroxylation sites is 1. The fourth-order valence-electron chi connectivity index (χ4n) is 2.75. The Hall–Kier alpha value is -1.56. The molecule has 0 aliphatic carbocycles. The van der Waals surface area contributed by atoms with Crippen LogP contribution in [0.15, 0.2) is 18.2 Å². The van der Waals surface area contributed by atoms with Crippen LogP contribution < -0.4 is 10.2 Å². The maximum Gasteiger partial charge on any atom is 0.286 e. The van der Waals surface area contributed by atoms with Crippen molar-refractivity contribution in [3.63, 3.8) is 0 Å². The van der Waals surface area contributed by atoms with E-state index in [0.717, 1.165) is 43.3 Å². The van der Waals surface area contributed by atoms with E-state index in [4.69, 9.17) is 0 Å². The third kappa shape index (κ3) is 2.52. The third-order valence-electron chi connectivity index (χ3n) is 3.66. The van der Waals surface area contributed by atoms with Crippen LogP contribution in [0.4, 0.5) is 14.9 Å². The molecular formula is C14H15FN2O2S. The average molecular weight is 294 g/mol. The summed E-state index contributed by atoms with van der Waals surface area (Å²) >= 11 is 0.985. The predicted octanol–water partition coefficient (Wildman–Crippen LogP) is 2.32. The minimum Gasteiger partial charge on any atom is -0.369 e. The highest BCUT2D eigenvalue weighted by Gasteiger charge is 2.33. The Kier molecular flexibility index (Phi) is 3.65. The minimum atomic E-state index is -0.453. The van der Waals surface area contributed by atoms with Crippen LogP contribution in [0.25, 0.3) is 0 Å². The standard InChI is InChI=1S/C14H15FN2O2S/c15-10-5-3-4-9(12(10)17-6-1-2-7-17)8-11-13(18)16-14(19)20-11/h3-5,11H,1-2,6-8H2,(H,16,18,19). The van der Waals surface area contributed by atoms with Crippen LogP contribution in [-0.4, -0.2) is 29.5 Å². The van der Waals surface area contributed by atoms with Crippen molar-refractivity contribution in [3.05, 3.63) is 29.6 Å². The van der Waals surface area contributed by atoms with Crippen LogP contribution in [0, 0.1) is 5.82 Å². The molecule has 2 aliphatic heterocycles. The van der Waals surface area contributed by atoms with Crippen molar-refractivity contribution in [1.29, 1.82) is 0 Å². The van der Waals surface area contributed by atoms with Crippen molar-refractivity contribution in [2.24, 2.45) is 0 Å². The summed E-state index contributed by atoms with van der Waals surface area (Å²) in [6, 6.07) is 4.95. The Labute approximate surface area is 120 Å². The third-order valence-corrected chi connectivity index (χ3v) is 4.65. The lowest BCUT2D eigenvalue weighted by atomic mass is 10.1. The summed E-state index contributed by atoms with van der Waals surface area (Å²) in [5, 5.41) is 1.50. The summed E-state index contributed by atoms with van der Waals surface area (Å²) in [5.74, 6) is -0.532.